The Morgan fingerprint density at radius 1 is 1.38 bits per heavy atom. The third-order valence-corrected chi connectivity index (χ3v) is 5.14. The molecule has 0 bridgehead atoms. The minimum Gasteiger partial charge on any atom is -0.374 e. The first kappa shape index (κ1) is 26.1. The normalized spacial score (nSPS) is 23.1. The number of pyridine rings is 1. The summed E-state index contributed by atoms with van der Waals surface area (Å²) in [5.74, 6) is 0.714. The van der Waals surface area contributed by atoms with Crippen LogP contribution in [0.4, 0.5) is 0 Å². The molecule has 2 unspecified atom stereocenters. The van der Waals surface area contributed by atoms with Gasteiger partial charge in [-0.05, 0) is 17.5 Å². The maximum atomic E-state index is 12.5. The van der Waals surface area contributed by atoms with Gasteiger partial charge in [0, 0.05) is 64.2 Å². The minimum atomic E-state index is 0. The van der Waals surface area contributed by atoms with Crippen LogP contribution >= 0.6 is 24.8 Å². The smallest absolute Gasteiger partial charge is 0.234 e. The summed E-state index contributed by atoms with van der Waals surface area (Å²) < 4.78 is 5.83. The van der Waals surface area contributed by atoms with Crippen LogP contribution in [0.1, 0.15) is 25.5 Å². The van der Waals surface area contributed by atoms with E-state index < -0.39 is 0 Å². The molecule has 29 heavy (non-hydrogen) atoms. The van der Waals surface area contributed by atoms with E-state index in [4.69, 9.17) is 4.74 Å². The lowest BCUT2D eigenvalue weighted by Gasteiger charge is -2.36. The van der Waals surface area contributed by atoms with Crippen molar-refractivity contribution < 1.29 is 9.53 Å². The number of hydrogen-bond donors (Lipinski definition) is 2. The Kier molecular flexibility index (Phi) is 12.0. The highest BCUT2D eigenvalue weighted by atomic mass is 35.5. The third kappa shape index (κ3) is 8.36. The number of hydrogen-bond acceptors (Lipinski definition) is 6. The van der Waals surface area contributed by atoms with E-state index in [0.717, 1.165) is 51.4 Å². The van der Waals surface area contributed by atoms with Crippen molar-refractivity contribution in [1.29, 1.82) is 0 Å². The summed E-state index contributed by atoms with van der Waals surface area (Å²) in [6.07, 6.45) is 3.75. The highest BCUT2D eigenvalue weighted by molar-refractivity contribution is 5.85. The van der Waals surface area contributed by atoms with Crippen LogP contribution in [0.5, 0.6) is 0 Å². The standard InChI is InChI=1S/C20H33N5O2.2ClH/c1-16(2)13-24-8-9-27-18(14-24)11-23-20(26)15-25-7-6-22-12-19(25)17-4-3-5-21-10-17;;/h3-5,10,16,18-19,22H,6-9,11-15H2,1-2H3,(H,23,26);2*1H. The monoisotopic (exact) mass is 447 g/mol. The van der Waals surface area contributed by atoms with E-state index in [2.05, 4.69) is 45.3 Å². The molecule has 0 aromatic carbocycles. The second-order valence-corrected chi connectivity index (χ2v) is 7.93. The van der Waals surface area contributed by atoms with Crippen LogP contribution in [0.3, 0.4) is 0 Å². The Labute approximate surface area is 186 Å². The van der Waals surface area contributed by atoms with Crippen molar-refractivity contribution >= 4 is 30.7 Å². The molecule has 0 spiro atoms. The van der Waals surface area contributed by atoms with Crippen LogP contribution in [0.25, 0.3) is 0 Å². The fourth-order valence-corrected chi connectivity index (χ4v) is 3.89. The van der Waals surface area contributed by atoms with Crippen molar-refractivity contribution in [2.24, 2.45) is 5.92 Å². The SMILES string of the molecule is CC(C)CN1CCOC(CNC(=O)CN2CCNCC2c2cccnc2)C1.Cl.Cl. The van der Waals surface area contributed by atoms with Crippen molar-refractivity contribution in [2.45, 2.75) is 26.0 Å². The molecule has 0 saturated carbocycles. The number of rotatable bonds is 7. The van der Waals surface area contributed by atoms with Gasteiger partial charge in [0.2, 0.25) is 5.91 Å². The lowest BCUT2D eigenvalue weighted by atomic mass is 10.1. The number of amides is 1. The molecule has 2 atom stereocenters. The highest BCUT2D eigenvalue weighted by Gasteiger charge is 2.26. The van der Waals surface area contributed by atoms with E-state index in [9.17, 15) is 4.79 Å². The molecule has 0 radical (unpaired) electrons. The van der Waals surface area contributed by atoms with Gasteiger partial charge in [0.05, 0.1) is 19.3 Å². The predicted octanol–water partition coefficient (Wildman–Crippen LogP) is 1.34. The number of carbonyl (C=O) groups is 1. The van der Waals surface area contributed by atoms with Crippen molar-refractivity contribution in [3.05, 3.63) is 30.1 Å². The fourth-order valence-electron chi connectivity index (χ4n) is 3.89. The van der Waals surface area contributed by atoms with Crippen LogP contribution in [-0.4, -0.2) is 85.8 Å². The first-order valence-electron chi connectivity index (χ1n) is 10.1. The van der Waals surface area contributed by atoms with E-state index in [1.807, 2.05) is 12.3 Å². The largest absolute Gasteiger partial charge is 0.374 e. The molecule has 1 amide bonds. The van der Waals surface area contributed by atoms with E-state index in [1.165, 1.54) is 0 Å². The van der Waals surface area contributed by atoms with Gasteiger partial charge in [-0.15, -0.1) is 24.8 Å². The molecule has 1 aromatic rings. The zero-order chi connectivity index (χ0) is 19.1. The van der Waals surface area contributed by atoms with Gasteiger partial charge in [-0.3, -0.25) is 19.6 Å². The number of aromatic nitrogens is 1. The van der Waals surface area contributed by atoms with Gasteiger partial charge in [0.25, 0.3) is 0 Å². The van der Waals surface area contributed by atoms with Gasteiger partial charge in [0.1, 0.15) is 0 Å². The minimum absolute atomic E-state index is 0. The first-order valence-corrected chi connectivity index (χ1v) is 10.1. The van der Waals surface area contributed by atoms with E-state index in [0.29, 0.717) is 19.0 Å². The average molecular weight is 448 g/mol. The molecule has 2 aliphatic rings. The topological polar surface area (TPSA) is 69.7 Å². The number of piperazine rings is 1. The van der Waals surface area contributed by atoms with Crippen molar-refractivity contribution in [2.75, 3.05) is 59.0 Å². The highest BCUT2D eigenvalue weighted by Crippen LogP contribution is 2.20. The summed E-state index contributed by atoms with van der Waals surface area (Å²) >= 11 is 0. The van der Waals surface area contributed by atoms with Gasteiger partial charge in [-0.2, -0.15) is 0 Å². The Balaban J connectivity index is 0.00000210. The van der Waals surface area contributed by atoms with Crippen molar-refractivity contribution in [1.82, 2.24) is 25.4 Å². The number of halogens is 2. The van der Waals surface area contributed by atoms with E-state index >= 15 is 0 Å². The second kappa shape index (κ2) is 13.4. The molecule has 7 nitrogen and oxygen atoms in total. The molecule has 1 aromatic heterocycles. The molecular formula is C20H35Cl2N5O2. The Bertz CT molecular complexity index is 593. The molecule has 2 saturated heterocycles. The maximum absolute atomic E-state index is 12.5. The average Bonchev–Trinajstić information content (AvgIpc) is 2.67. The Morgan fingerprint density at radius 2 is 2.21 bits per heavy atom. The molecule has 2 aliphatic heterocycles. The molecule has 9 heteroatoms. The summed E-state index contributed by atoms with van der Waals surface area (Å²) in [6, 6.07) is 4.21. The molecule has 2 N–H and O–H groups in total. The predicted molar refractivity (Wildman–Crippen MR) is 120 cm³/mol. The summed E-state index contributed by atoms with van der Waals surface area (Å²) in [4.78, 5) is 21.4. The summed E-state index contributed by atoms with van der Waals surface area (Å²) in [5, 5.41) is 6.49. The Hall–Kier alpha value is -0.960. The van der Waals surface area contributed by atoms with Gasteiger partial charge in [-0.1, -0.05) is 19.9 Å². The summed E-state index contributed by atoms with van der Waals surface area (Å²) in [7, 11) is 0. The Morgan fingerprint density at radius 3 is 2.93 bits per heavy atom. The lowest BCUT2D eigenvalue weighted by molar-refractivity contribution is -0.124. The zero-order valence-corrected chi connectivity index (χ0v) is 19.0. The van der Waals surface area contributed by atoms with Crippen LogP contribution in [0, 0.1) is 5.92 Å². The van der Waals surface area contributed by atoms with Gasteiger partial charge in [0.15, 0.2) is 0 Å². The number of nitrogens with zero attached hydrogens (tertiary/aromatic N) is 3. The number of nitrogens with one attached hydrogen (secondary N) is 2. The van der Waals surface area contributed by atoms with Gasteiger partial charge in [-0.25, -0.2) is 0 Å². The number of carbonyl (C=O) groups excluding carboxylic acids is 1. The quantitative estimate of drug-likeness (QED) is 0.657. The van der Waals surface area contributed by atoms with Crippen molar-refractivity contribution in [3.8, 4) is 0 Å². The van der Waals surface area contributed by atoms with Crippen LogP contribution in [0.15, 0.2) is 24.5 Å². The fraction of sp³-hybridized carbons (Fsp3) is 0.700. The molecule has 0 aliphatic carbocycles. The van der Waals surface area contributed by atoms with Crippen molar-refractivity contribution in [3.63, 3.8) is 0 Å². The van der Waals surface area contributed by atoms with Crippen LogP contribution in [-0.2, 0) is 9.53 Å². The van der Waals surface area contributed by atoms with E-state index in [-0.39, 0.29) is 42.9 Å². The van der Waals surface area contributed by atoms with Crippen LogP contribution < -0.4 is 10.6 Å². The van der Waals surface area contributed by atoms with E-state index in [1.54, 1.807) is 6.20 Å². The maximum Gasteiger partial charge on any atom is 0.234 e. The molecular weight excluding hydrogens is 413 g/mol. The summed E-state index contributed by atoms with van der Waals surface area (Å²) in [5.41, 5.74) is 1.15. The number of morpholine rings is 1. The molecule has 2 fully saturated rings. The van der Waals surface area contributed by atoms with Crippen LogP contribution in [0.2, 0.25) is 0 Å². The summed E-state index contributed by atoms with van der Waals surface area (Å²) in [6.45, 7) is 11.8. The zero-order valence-electron chi connectivity index (χ0n) is 17.4. The first-order chi connectivity index (χ1) is 13.1. The second-order valence-electron chi connectivity index (χ2n) is 7.93. The van der Waals surface area contributed by atoms with Gasteiger partial charge < -0.3 is 15.4 Å². The molecule has 3 heterocycles. The number of ether oxygens (including phenoxy) is 1. The van der Waals surface area contributed by atoms with Gasteiger partial charge >= 0.3 is 0 Å². The molecule has 3 rings (SSSR count). The molecule has 166 valence electrons. The third-order valence-electron chi connectivity index (χ3n) is 5.14. The lowest BCUT2D eigenvalue weighted by Crippen LogP contribution is -2.52.